The smallest absolute Gasteiger partial charge is 0.243 e. The van der Waals surface area contributed by atoms with E-state index in [-0.39, 0.29) is 0 Å². The number of thioether (sulfide) groups is 1. The Morgan fingerprint density at radius 2 is 1.74 bits per heavy atom. The quantitative estimate of drug-likeness (QED) is 0.670. The molecule has 0 bridgehead atoms. The first-order valence-corrected chi connectivity index (χ1v) is 8.14. The van der Waals surface area contributed by atoms with Crippen LogP contribution in [0.1, 0.15) is 0 Å². The second-order valence-electron chi connectivity index (χ2n) is 4.69. The van der Waals surface area contributed by atoms with Crippen LogP contribution in [0.25, 0.3) is 16.9 Å². The van der Waals surface area contributed by atoms with Crippen LogP contribution in [0.3, 0.4) is 0 Å². The molecule has 0 aliphatic rings. The SMILES string of the molecule is COc1ccc(-c2nc3ccc(SC)nn3c2OC)cc1OC. The van der Waals surface area contributed by atoms with Gasteiger partial charge >= 0.3 is 0 Å². The van der Waals surface area contributed by atoms with Crippen molar-refractivity contribution in [2.75, 3.05) is 27.6 Å². The average Bonchev–Trinajstić information content (AvgIpc) is 2.98. The van der Waals surface area contributed by atoms with Crippen LogP contribution in [0.5, 0.6) is 17.4 Å². The Morgan fingerprint density at radius 3 is 2.39 bits per heavy atom. The number of hydrogen-bond acceptors (Lipinski definition) is 6. The first-order valence-electron chi connectivity index (χ1n) is 6.92. The summed E-state index contributed by atoms with van der Waals surface area (Å²) in [6.07, 6.45) is 1.98. The molecule has 0 unspecified atom stereocenters. The summed E-state index contributed by atoms with van der Waals surface area (Å²) in [4.78, 5) is 4.63. The predicted octanol–water partition coefficient (Wildman–Crippen LogP) is 3.14. The molecule has 0 N–H and O–H groups in total. The highest BCUT2D eigenvalue weighted by Crippen LogP contribution is 2.36. The number of benzene rings is 1. The lowest BCUT2D eigenvalue weighted by atomic mass is 10.1. The Morgan fingerprint density at radius 1 is 0.957 bits per heavy atom. The van der Waals surface area contributed by atoms with E-state index in [1.807, 2.05) is 36.6 Å². The average molecular weight is 331 g/mol. The summed E-state index contributed by atoms with van der Waals surface area (Å²) in [5, 5.41) is 5.42. The topological polar surface area (TPSA) is 57.9 Å². The Hall–Kier alpha value is -2.41. The zero-order valence-corrected chi connectivity index (χ0v) is 14.2. The molecule has 0 atom stereocenters. The summed E-state index contributed by atoms with van der Waals surface area (Å²) < 4.78 is 17.9. The number of hydrogen-bond donors (Lipinski definition) is 0. The van der Waals surface area contributed by atoms with Gasteiger partial charge in [0.25, 0.3) is 0 Å². The Bertz CT molecular complexity index is 848. The molecule has 0 spiro atoms. The molecule has 2 heterocycles. The molecule has 23 heavy (non-hydrogen) atoms. The van der Waals surface area contributed by atoms with Crippen LogP contribution in [0.4, 0.5) is 0 Å². The predicted molar refractivity (Wildman–Crippen MR) is 89.9 cm³/mol. The first kappa shape index (κ1) is 15.5. The number of rotatable bonds is 5. The third-order valence-corrected chi connectivity index (χ3v) is 4.11. The molecule has 0 radical (unpaired) electrons. The maximum Gasteiger partial charge on any atom is 0.243 e. The first-order chi connectivity index (χ1) is 11.2. The summed E-state index contributed by atoms with van der Waals surface area (Å²) in [6.45, 7) is 0. The van der Waals surface area contributed by atoms with E-state index in [9.17, 15) is 0 Å². The standard InChI is InChI=1S/C16H17N3O3S/c1-20-11-6-5-10(9-12(11)21-2)15-16(22-3)19-13(17-15)7-8-14(18-19)23-4/h5-9H,1-4H3. The van der Waals surface area contributed by atoms with Crippen LogP contribution in [0, 0.1) is 0 Å². The van der Waals surface area contributed by atoms with E-state index in [0.29, 0.717) is 23.1 Å². The van der Waals surface area contributed by atoms with Gasteiger partial charge in [0.05, 0.1) is 21.3 Å². The second kappa shape index (κ2) is 6.37. The van der Waals surface area contributed by atoms with Crippen molar-refractivity contribution in [1.29, 1.82) is 0 Å². The van der Waals surface area contributed by atoms with Crippen molar-refractivity contribution < 1.29 is 14.2 Å². The van der Waals surface area contributed by atoms with E-state index in [1.54, 1.807) is 37.6 Å². The maximum absolute atomic E-state index is 5.54. The minimum atomic E-state index is 0.586. The third-order valence-electron chi connectivity index (χ3n) is 3.47. The molecule has 0 aliphatic carbocycles. The normalized spacial score (nSPS) is 10.8. The lowest BCUT2D eigenvalue weighted by molar-refractivity contribution is 0.355. The summed E-state index contributed by atoms with van der Waals surface area (Å²) in [5.74, 6) is 1.90. The number of fused-ring (bicyclic) bond motifs is 1. The van der Waals surface area contributed by atoms with Gasteiger partial charge in [-0.05, 0) is 36.6 Å². The fraction of sp³-hybridized carbons (Fsp3) is 0.250. The molecule has 7 heteroatoms. The molecule has 3 rings (SSSR count). The van der Waals surface area contributed by atoms with E-state index in [0.717, 1.165) is 16.2 Å². The van der Waals surface area contributed by atoms with E-state index in [4.69, 9.17) is 14.2 Å². The summed E-state index contributed by atoms with van der Waals surface area (Å²) in [6, 6.07) is 9.49. The number of nitrogens with zero attached hydrogens (tertiary/aromatic N) is 3. The van der Waals surface area contributed by atoms with Crippen LogP contribution in [0.15, 0.2) is 35.4 Å². The Labute approximate surface area is 138 Å². The van der Waals surface area contributed by atoms with Crippen LogP contribution < -0.4 is 14.2 Å². The molecular weight excluding hydrogens is 314 g/mol. The molecule has 1 aromatic carbocycles. The van der Waals surface area contributed by atoms with Gasteiger partial charge < -0.3 is 14.2 Å². The molecule has 0 amide bonds. The monoisotopic (exact) mass is 331 g/mol. The largest absolute Gasteiger partial charge is 0.493 e. The molecular formula is C16H17N3O3S. The number of methoxy groups -OCH3 is 3. The van der Waals surface area contributed by atoms with E-state index < -0.39 is 0 Å². The van der Waals surface area contributed by atoms with Crippen LogP contribution >= 0.6 is 11.8 Å². The van der Waals surface area contributed by atoms with Gasteiger partial charge in [-0.3, -0.25) is 0 Å². The highest BCUT2D eigenvalue weighted by atomic mass is 32.2. The Kier molecular flexibility index (Phi) is 4.29. The highest BCUT2D eigenvalue weighted by Gasteiger charge is 2.18. The van der Waals surface area contributed by atoms with Gasteiger partial charge in [-0.2, -0.15) is 9.61 Å². The van der Waals surface area contributed by atoms with Gasteiger partial charge in [-0.1, -0.05) is 0 Å². The summed E-state index contributed by atoms with van der Waals surface area (Å²) in [7, 11) is 4.83. The fourth-order valence-corrected chi connectivity index (χ4v) is 2.73. The fourth-order valence-electron chi connectivity index (χ4n) is 2.36. The molecule has 120 valence electrons. The Balaban J connectivity index is 2.19. The van der Waals surface area contributed by atoms with Crippen molar-refractivity contribution in [2.24, 2.45) is 0 Å². The van der Waals surface area contributed by atoms with Crippen molar-refractivity contribution >= 4 is 17.4 Å². The number of aromatic nitrogens is 3. The molecule has 0 aliphatic heterocycles. The zero-order chi connectivity index (χ0) is 16.4. The van der Waals surface area contributed by atoms with Gasteiger partial charge in [-0.25, -0.2) is 4.98 Å². The third kappa shape index (κ3) is 2.68. The van der Waals surface area contributed by atoms with Crippen molar-refractivity contribution in [1.82, 2.24) is 14.6 Å². The lowest BCUT2D eigenvalue weighted by Gasteiger charge is -2.09. The second-order valence-corrected chi connectivity index (χ2v) is 5.51. The van der Waals surface area contributed by atoms with Gasteiger partial charge in [0.15, 0.2) is 17.1 Å². The molecule has 0 fully saturated rings. The summed E-state index contributed by atoms with van der Waals surface area (Å²) in [5.41, 5.74) is 2.30. The molecule has 0 saturated heterocycles. The van der Waals surface area contributed by atoms with Crippen molar-refractivity contribution in [2.45, 2.75) is 5.03 Å². The van der Waals surface area contributed by atoms with Gasteiger partial charge in [-0.15, -0.1) is 11.8 Å². The molecule has 3 aromatic rings. The van der Waals surface area contributed by atoms with Gasteiger partial charge in [0.1, 0.15) is 10.7 Å². The van der Waals surface area contributed by atoms with E-state index in [2.05, 4.69) is 10.1 Å². The minimum Gasteiger partial charge on any atom is -0.493 e. The van der Waals surface area contributed by atoms with Crippen molar-refractivity contribution in [3.8, 4) is 28.6 Å². The van der Waals surface area contributed by atoms with Crippen molar-refractivity contribution in [3.63, 3.8) is 0 Å². The molecule has 6 nitrogen and oxygen atoms in total. The van der Waals surface area contributed by atoms with Gasteiger partial charge in [0.2, 0.25) is 5.88 Å². The van der Waals surface area contributed by atoms with E-state index in [1.165, 1.54) is 0 Å². The minimum absolute atomic E-state index is 0.586. The maximum atomic E-state index is 5.54. The van der Waals surface area contributed by atoms with Crippen LogP contribution in [0.2, 0.25) is 0 Å². The summed E-state index contributed by atoms with van der Waals surface area (Å²) >= 11 is 1.57. The van der Waals surface area contributed by atoms with Crippen molar-refractivity contribution in [3.05, 3.63) is 30.3 Å². The zero-order valence-electron chi connectivity index (χ0n) is 13.4. The molecule has 0 saturated carbocycles. The van der Waals surface area contributed by atoms with Gasteiger partial charge in [0, 0.05) is 5.56 Å². The number of ether oxygens (including phenoxy) is 3. The van der Waals surface area contributed by atoms with Crippen LogP contribution in [-0.2, 0) is 0 Å². The molecule has 2 aromatic heterocycles. The van der Waals surface area contributed by atoms with E-state index >= 15 is 0 Å². The number of imidazole rings is 1. The lowest BCUT2D eigenvalue weighted by Crippen LogP contribution is -1.97. The van der Waals surface area contributed by atoms with Crippen LogP contribution in [-0.4, -0.2) is 42.2 Å². The highest BCUT2D eigenvalue weighted by molar-refractivity contribution is 7.98.